The van der Waals surface area contributed by atoms with Gasteiger partial charge in [-0.3, -0.25) is 4.55 Å². The lowest BCUT2D eigenvalue weighted by Gasteiger charge is -2.34. The number of hydrogen-bond donors (Lipinski definition) is 2. The van der Waals surface area contributed by atoms with Crippen LogP contribution in [-0.2, 0) is 21.1 Å². The molecule has 0 saturated carbocycles. The van der Waals surface area contributed by atoms with E-state index < -0.39 is 26.6 Å². The lowest BCUT2D eigenvalue weighted by molar-refractivity contribution is -0.0510. The van der Waals surface area contributed by atoms with E-state index in [-0.39, 0.29) is 0 Å². The minimum atomic E-state index is -5.84. The molecular formula is C91H61Br2F3O4S. The Bertz CT molecular complexity index is 5620. The molecule has 4 nitrogen and oxygen atoms in total. The second-order valence-electron chi connectivity index (χ2n) is 25.2. The minimum absolute atomic E-state index is 0.494. The molecule has 2 aliphatic carbocycles. The molecule has 490 valence electrons. The predicted octanol–water partition coefficient (Wildman–Crippen LogP) is 24.9. The average molecular weight is 1470 g/mol. The standard InChI is InChI=1S/C45H29Br.C39H25BrO.C6H6.CHF3O3S/c46-40-22-20-39(21-23-40)45(38-12-2-1-3-13-38)43-28-36(34-16-14-30-8-4-6-10-32(30)26-34)18-24-41(43)42-25-19-37(29-44(42)45)35-17-15-31-9-5-7-11-33(31)27-35;40-34-17-15-33(16-18-34)39(41)37-23-31(29-11-9-25-5-1-3-7-27(25)21-29)13-19-35(37)36-20-14-32(24-38(36)39)30-12-10-26-6-2-4-8-28(26)22-30;1-2-4-6-5-3-1;2-1(3,4)8(5,6)7/h1-29H;1-24,41H;1-6H;(H,5,6,7). The molecule has 0 bridgehead atoms. The molecule has 2 aliphatic rings. The molecule has 101 heavy (non-hydrogen) atoms. The van der Waals surface area contributed by atoms with Crippen LogP contribution in [0.1, 0.15) is 38.9 Å². The third-order valence-electron chi connectivity index (χ3n) is 19.3. The molecule has 0 aliphatic heterocycles. The van der Waals surface area contributed by atoms with Crippen molar-refractivity contribution in [2.45, 2.75) is 16.5 Å². The fraction of sp³-hybridized carbons (Fsp3) is 0.0330. The highest BCUT2D eigenvalue weighted by Crippen LogP contribution is 2.58. The van der Waals surface area contributed by atoms with E-state index in [2.05, 4.69) is 329 Å². The van der Waals surface area contributed by atoms with Crippen LogP contribution >= 0.6 is 31.9 Å². The van der Waals surface area contributed by atoms with E-state index >= 15 is 0 Å². The molecule has 0 fully saturated rings. The van der Waals surface area contributed by atoms with Crippen LogP contribution < -0.4 is 0 Å². The third-order valence-corrected chi connectivity index (χ3v) is 20.9. The topological polar surface area (TPSA) is 74.6 Å². The lowest BCUT2D eigenvalue weighted by Crippen LogP contribution is -2.28. The number of fused-ring (bicyclic) bond motifs is 10. The Hall–Kier alpha value is -10.8. The molecule has 0 saturated heterocycles. The summed E-state index contributed by atoms with van der Waals surface area (Å²) in [6.07, 6.45) is 0. The van der Waals surface area contributed by atoms with Crippen LogP contribution in [0.25, 0.3) is 110 Å². The van der Waals surface area contributed by atoms with Crippen LogP contribution in [0.3, 0.4) is 0 Å². The SMILES string of the molecule is Brc1ccc(C2(c3ccccc3)c3cc(-c4ccc5ccccc5c4)ccc3-c3ccc(-c4ccc5ccccc5c4)cc32)cc1.O=S(=O)(O)C(F)(F)F.OC1(c2ccc(Br)cc2)c2cc(-c3ccc4ccccc4c3)ccc2-c2ccc(-c3ccc4ccccc4c3)cc21.c1ccccc1. The van der Waals surface area contributed by atoms with Crippen LogP contribution in [-0.4, -0.2) is 23.6 Å². The van der Waals surface area contributed by atoms with Crippen LogP contribution in [0.15, 0.2) is 367 Å². The van der Waals surface area contributed by atoms with Crippen molar-refractivity contribution in [1.82, 2.24) is 0 Å². The van der Waals surface area contributed by atoms with Gasteiger partial charge in [0.25, 0.3) is 0 Å². The van der Waals surface area contributed by atoms with Crippen molar-refractivity contribution in [3.8, 4) is 66.8 Å². The first-order chi connectivity index (χ1) is 49.0. The van der Waals surface area contributed by atoms with Crippen molar-refractivity contribution in [2.75, 3.05) is 0 Å². The molecule has 0 heterocycles. The predicted molar refractivity (Wildman–Crippen MR) is 415 cm³/mol. The van der Waals surface area contributed by atoms with Gasteiger partial charge in [0, 0.05) is 20.1 Å². The molecule has 0 aromatic heterocycles. The van der Waals surface area contributed by atoms with Gasteiger partial charge in [0.05, 0.1) is 5.41 Å². The molecule has 0 unspecified atom stereocenters. The Morgan fingerprint density at radius 3 is 0.802 bits per heavy atom. The van der Waals surface area contributed by atoms with Gasteiger partial charge in [-0.15, -0.1) is 0 Å². The van der Waals surface area contributed by atoms with Gasteiger partial charge in [0.1, 0.15) is 5.60 Å². The van der Waals surface area contributed by atoms with Crippen molar-refractivity contribution >= 4 is 85.1 Å². The zero-order valence-electron chi connectivity index (χ0n) is 54.1. The molecule has 16 aromatic carbocycles. The van der Waals surface area contributed by atoms with Gasteiger partial charge in [-0.2, -0.15) is 21.6 Å². The molecule has 16 aromatic rings. The van der Waals surface area contributed by atoms with E-state index in [1.807, 2.05) is 60.7 Å². The number of hydrogen-bond acceptors (Lipinski definition) is 3. The van der Waals surface area contributed by atoms with E-state index in [9.17, 15) is 18.3 Å². The van der Waals surface area contributed by atoms with E-state index in [0.717, 1.165) is 59.0 Å². The van der Waals surface area contributed by atoms with Gasteiger partial charge in [0.2, 0.25) is 0 Å². The normalized spacial score (nSPS) is 12.9. The molecule has 0 spiro atoms. The highest BCUT2D eigenvalue weighted by molar-refractivity contribution is 9.10. The molecule has 0 radical (unpaired) electrons. The van der Waals surface area contributed by atoms with Crippen molar-refractivity contribution in [3.05, 3.63) is 406 Å². The summed E-state index contributed by atoms with van der Waals surface area (Å²) in [4.78, 5) is 0. The van der Waals surface area contributed by atoms with Crippen molar-refractivity contribution in [2.24, 2.45) is 0 Å². The van der Waals surface area contributed by atoms with Crippen molar-refractivity contribution in [3.63, 3.8) is 0 Å². The first-order valence-corrected chi connectivity index (χ1v) is 35.9. The van der Waals surface area contributed by atoms with Crippen molar-refractivity contribution in [1.29, 1.82) is 0 Å². The summed E-state index contributed by atoms with van der Waals surface area (Å²) in [6, 6.07) is 128. The molecule has 10 heteroatoms. The van der Waals surface area contributed by atoms with E-state index in [1.54, 1.807) is 0 Å². The van der Waals surface area contributed by atoms with E-state index in [1.165, 1.54) is 98.7 Å². The van der Waals surface area contributed by atoms with Crippen LogP contribution in [0.5, 0.6) is 0 Å². The Balaban J connectivity index is 0.000000138. The van der Waals surface area contributed by atoms with Gasteiger partial charge in [-0.1, -0.05) is 317 Å². The summed E-state index contributed by atoms with van der Waals surface area (Å²) in [5.74, 6) is 0. The van der Waals surface area contributed by atoms with E-state index in [4.69, 9.17) is 13.0 Å². The average Bonchev–Trinajstić information content (AvgIpc) is 1.55. The lowest BCUT2D eigenvalue weighted by atomic mass is 9.67. The van der Waals surface area contributed by atoms with Gasteiger partial charge in [0.15, 0.2) is 0 Å². The maximum atomic E-state index is 12.8. The molecule has 0 amide bonds. The number of aliphatic hydroxyl groups is 1. The minimum Gasteiger partial charge on any atom is -0.376 e. The second-order valence-corrected chi connectivity index (χ2v) is 28.4. The van der Waals surface area contributed by atoms with E-state index in [0.29, 0.717) is 0 Å². The highest BCUT2D eigenvalue weighted by Gasteiger charge is 2.48. The summed E-state index contributed by atoms with van der Waals surface area (Å²) in [7, 11) is -5.84. The first kappa shape index (κ1) is 66.1. The van der Waals surface area contributed by atoms with Gasteiger partial charge in [-0.05, 0) is 210 Å². The number of benzene rings is 16. The van der Waals surface area contributed by atoms with Crippen molar-refractivity contribution < 1.29 is 31.2 Å². The Labute approximate surface area is 601 Å². The van der Waals surface area contributed by atoms with Gasteiger partial charge in [-0.25, -0.2) is 0 Å². The Morgan fingerprint density at radius 2 is 0.495 bits per heavy atom. The smallest absolute Gasteiger partial charge is 0.376 e. The Kier molecular flexibility index (Phi) is 17.9. The maximum Gasteiger partial charge on any atom is 0.522 e. The summed E-state index contributed by atoms with van der Waals surface area (Å²) in [6.45, 7) is 0. The molecule has 18 rings (SSSR count). The maximum absolute atomic E-state index is 12.8. The number of alkyl halides is 3. The second kappa shape index (κ2) is 27.4. The molecule has 2 N–H and O–H groups in total. The quantitative estimate of drug-likeness (QED) is 0.123. The fourth-order valence-electron chi connectivity index (χ4n) is 14.4. The van der Waals surface area contributed by atoms with Crippen LogP contribution in [0.4, 0.5) is 13.2 Å². The Morgan fingerprint density at radius 1 is 0.267 bits per heavy atom. The zero-order valence-corrected chi connectivity index (χ0v) is 58.1. The first-order valence-electron chi connectivity index (χ1n) is 32.9. The van der Waals surface area contributed by atoms with Crippen LogP contribution in [0.2, 0.25) is 0 Å². The largest absolute Gasteiger partial charge is 0.522 e. The highest BCUT2D eigenvalue weighted by atomic mass is 79.9. The van der Waals surface area contributed by atoms with Crippen LogP contribution in [0, 0.1) is 0 Å². The number of halogens is 5. The number of rotatable bonds is 7. The monoisotopic (exact) mass is 1460 g/mol. The van der Waals surface area contributed by atoms with Gasteiger partial charge < -0.3 is 5.11 Å². The third kappa shape index (κ3) is 12.8. The summed E-state index contributed by atoms with van der Waals surface area (Å²) < 4.78 is 59.6. The molecule has 0 atom stereocenters. The summed E-state index contributed by atoms with van der Waals surface area (Å²) in [5, 5.41) is 22.7. The zero-order chi connectivity index (χ0) is 69.5. The molecular weight excluding hydrogens is 1410 g/mol. The summed E-state index contributed by atoms with van der Waals surface area (Å²) in [5.41, 5.74) is 14.6. The van der Waals surface area contributed by atoms with Gasteiger partial charge >= 0.3 is 15.6 Å². The summed E-state index contributed by atoms with van der Waals surface area (Å²) >= 11 is 7.29. The fourth-order valence-corrected chi connectivity index (χ4v) is 14.9.